The molecule has 0 bridgehead atoms. The van der Waals surface area contributed by atoms with Gasteiger partial charge in [0.25, 0.3) is 9.05 Å². The fraction of sp³-hybridized carbons (Fsp3) is 1.00. The van der Waals surface area contributed by atoms with Gasteiger partial charge in [0.05, 0.1) is 6.61 Å². The van der Waals surface area contributed by atoms with Crippen LogP contribution in [0.2, 0.25) is 0 Å². The summed E-state index contributed by atoms with van der Waals surface area (Å²) >= 11 is 4.17. The maximum atomic E-state index is 10.5. The Labute approximate surface area is 91.1 Å². The number of hydrogen-bond donors (Lipinski definition) is 2. The highest BCUT2D eigenvalue weighted by molar-refractivity contribution is 8.27. The third kappa shape index (κ3) is 12.2. The second kappa shape index (κ2) is 8.55. The van der Waals surface area contributed by atoms with Crippen LogP contribution < -0.4 is 5.32 Å². The molecule has 0 radical (unpaired) electrons. The van der Waals surface area contributed by atoms with Gasteiger partial charge in [-0.2, -0.15) is 4.21 Å². The van der Waals surface area contributed by atoms with E-state index in [4.69, 9.17) is 4.55 Å². The molecule has 0 rings (SSSR count). The Hall–Kier alpha value is 0.250. The normalized spacial score (nSPS) is 15.3. The molecule has 0 aliphatic carbocycles. The molecule has 0 amide bonds. The van der Waals surface area contributed by atoms with E-state index in [0.717, 1.165) is 25.8 Å². The fourth-order valence-electron chi connectivity index (χ4n) is 1.10. The minimum absolute atomic E-state index is 0.283. The van der Waals surface area contributed by atoms with E-state index < -0.39 is 9.05 Å². The number of unbranched alkanes of at least 4 members (excludes halogenated alkanes) is 4. The Kier molecular flexibility index (Phi) is 8.70. The molecule has 0 aromatic heterocycles. The van der Waals surface area contributed by atoms with Crippen molar-refractivity contribution < 1.29 is 12.9 Å². The Balaban J connectivity index is 3.07. The van der Waals surface area contributed by atoms with Crippen LogP contribution in [0.5, 0.6) is 0 Å². The van der Waals surface area contributed by atoms with E-state index in [9.17, 15) is 4.21 Å². The van der Waals surface area contributed by atoms with Crippen molar-refractivity contribution in [3.63, 3.8) is 0 Å². The van der Waals surface area contributed by atoms with Crippen molar-refractivity contribution >= 4 is 20.2 Å². The van der Waals surface area contributed by atoms with Crippen molar-refractivity contribution in [3.05, 3.63) is 0 Å². The molecule has 1 atom stereocenters. The Morgan fingerprint density at radius 3 is 2.43 bits per heavy atom. The van der Waals surface area contributed by atoms with Gasteiger partial charge < -0.3 is 5.32 Å². The minimum Gasteiger partial charge on any atom is -0.320 e. The van der Waals surface area contributed by atoms with Gasteiger partial charge in [-0.1, -0.05) is 19.3 Å². The van der Waals surface area contributed by atoms with E-state index in [0.29, 0.717) is 0 Å². The molecule has 0 spiro atoms. The molecule has 0 aliphatic heterocycles. The van der Waals surface area contributed by atoms with Crippen LogP contribution in [-0.4, -0.2) is 29.0 Å². The van der Waals surface area contributed by atoms with E-state index in [1.54, 1.807) is 0 Å². The van der Waals surface area contributed by atoms with Crippen LogP contribution >= 0.6 is 0 Å². The van der Waals surface area contributed by atoms with Crippen molar-refractivity contribution in [2.24, 2.45) is 0 Å². The first-order valence-electron chi connectivity index (χ1n) is 4.82. The van der Waals surface area contributed by atoms with E-state index in [1.165, 1.54) is 12.8 Å². The predicted molar refractivity (Wildman–Crippen MR) is 61.1 cm³/mol. The van der Waals surface area contributed by atoms with Crippen LogP contribution in [0.4, 0.5) is 0 Å². The topological polar surface area (TPSA) is 58.6 Å². The first-order chi connectivity index (χ1) is 6.56. The maximum Gasteiger partial charge on any atom is 0.266 e. The van der Waals surface area contributed by atoms with Crippen molar-refractivity contribution in [2.75, 3.05) is 20.2 Å². The molecule has 0 aromatic rings. The number of nitrogens with one attached hydrogen (secondary N) is 1. The van der Waals surface area contributed by atoms with Gasteiger partial charge >= 0.3 is 0 Å². The summed E-state index contributed by atoms with van der Waals surface area (Å²) in [4.78, 5) is 0. The smallest absolute Gasteiger partial charge is 0.266 e. The summed E-state index contributed by atoms with van der Waals surface area (Å²) < 4.78 is 23.6. The SMILES string of the molecule is CNCCCCCCCOS(=O)(O)=S. The molecule has 6 heteroatoms. The lowest BCUT2D eigenvalue weighted by Crippen LogP contribution is -2.07. The lowest BCUT2D eigenvalue weighted by molar-refractivity contribution is 0.294. The molecule has 86 valence electrons. The van der Waals surface area contributed by atoms with E-state index in [2.05, 4.69) is 20.7 Å². The van der Waals surface area contributed by atoms with Gasteiger partial charge in [0.1, 0.15) is 0 Å². The zero-order chi connectivity index (χ0) is 10.9. The summed E-state index contributed by atoms with van der Waals surface area (Å²) in [5.41, 5.74) is 0. The Morgan fingerprint density at radius 1 is 1.29 bits per heavy atom. The standard InChI is InChI=1S/C8H19NO3S2/c1-9-7-5-3-2-4-6-8-12-14(10,11)13/h9H,2-8H2,1H3,(H,10,11,13). The van der Waals surface area contributed by atoms with Crippen LogP contribution in [0.3, 0.4) is 0 Å². The van der Waals surface area contributed by atoms with Gasteiger partial charge in [0.2, 0.25) is 0 Å². The van der Waals surface area contributed by atoms with Crippen LogP contribution in [-0.2, 0) is 24.4 Å². The van der Waals surface area contributed by atoms with Gasteiger partial charge in [0.15, 0.2) is 0 Å². The molecule has 0 aromatic carbocycles. The molecule has 1 unspecified atom stereocenters. The first kappa shape index (κ1) is 14.2. The third-order valence-electron chi connectivity index (χ3n) is 1.80. The highest BCUT2D eigenvalue weighted by Crippen LogP contribution is 2.03. The molecular formula is C8H19NO3S2. The van der Waals surface area contributed by atoms with E-state index in [-0.39, 0.29) is 6.61 Å². The fourth-order valence-corrected chi connectivity index (χ4v) is 1.63. The lowest BCUT2D eigenvalue weighted by atomic mass is 10.1. The predicted octanol–water partition coefficient (Wildman–Crippen LogP) is 1.31. The molecule has 4 nitrogen and oxygen atoms in total. The first-order valence-corrected chi connectivity index (χ1v) is 7.19. The van der Waals surface area contributed by atoms with Gasteiger partial charge in [-0.25, -0.2) is 0 Å². The summed E-state index contributed by atoms with van der Waals surface area (Å²) in [5.74, 6) is 0. The molecule has 0 saturated carbocycles. The van der Waals surface area contributed by atoms with Gasteiger partial charge in [-0.15, -0.1) is 0 Å². The quantitative estimate of drug-likeness (QED) is 0.596. The van der Waals surface area contributed by atoms with Gasteiger partial charge in [-0.3, -0.25) is 8.74 Å². The molecular weight excluding hydrogens is 222 g/mol. The summed E-state index contributed by atoms with van der Waals surface area (Å²) in [6.45, 7) is 1.33. The zero-order valence-electron chi connectivity index (χ0n) is 8.53. The minimum atomic E-state index is -3.40. The number of hydrogen-bond acceptors (Lipinski definition) is 4. The Morgan fingerprint density at radius 2 is 1.86 bits per heavy atom. The van der Waals surface area contributed by atoms with Gasteiger partial charge in [0, 0.05) is 11.2 Å². The Bertz CT molecular complexity index is 217. The van der Waals surface area contributed by atoms with Crippen molar-refractivity contribution in [2.45, 2.75) is 32.1 Å². The molecule has 0 fully saturated rings. The highest BCUT2D eigenvalue weighted by Gasteiger charge is 1.98. The molecule has 0 aliphatic rings. The largest absolute Gasteiger partial charge is 0.320 e. The van der Waals surface area contributed by atoms with Crippen LogP contribution in [0.1, 0.15) is 32.1 Å². The van der Waals surface area contributed by atoms with Crippen molar-refractivity contribution in [1.82, 2.24) is 5.32 Å². The van der Waals surface area contributed by atoms with Crippen molar-refractivity contribution in [1.29, 1.82) is 0 Å². The number of rotatable bonds is 9. The second-order valence-electron chi connectivity index (χ2n) is 3.12. The van der Waals surface area contributed by atoms with Crippen molar-refractivity contribution in [3.8, 4) is 0 Å². The van der Waals surface area contributed by atoms with E-state index >= 15 is 0 Å². The molecule has 0 heterocycles. The summed E-state index contributed by atoms with van der Waals surface area (Å²) in [6.07, 6.45) is 5.32. The zero-order valence-corrected chi connectivity index (χ0v) is 10.2. The van der Waals surface area contributed by atoms with Crippen LogP contribution in [0.15, 0.2) is 0 Å². The average molecular weight is 241 g/mol. The summed E-state index contributed by atoms with van der Waals surface area (Å²) in [7, 11) is -1.46. The van der Waals surface area contributed by atoms with Gasteiger partial charge in [-0.05, 0) is 26.4 Å². The lowest BCUT2D eigenvalue weighted by Gasteiger charge is -2.02. The highest BCUT2D eigenvalue weighted by atomic mass is 32.9. The molecule has 0 saturated heterocycles. The van der Waals surface area contributed by atoms with Crippen LogP contribution in [0, 0.1) is 0 Å². The summed E-state index contributed by atoms with van der Waals surface area (Å²) in [6, 6.07) is 0. The molecule has 14 heavy (non-hydrogen) atoms. The van der Waals surface area contributed by atoms with E-state index in [1.807, 2.05) is 7.05 Å². The van der Waals surface area contributed by atoms with Crippen LogP contribution in [0.25, 0.3) is 0 Å². The maximum absolute atomic E-state index is 10.5. The monoisotopic (exact) mass is 241 g/mol. The third-order valence-corrected chi connectivity index (χ3v) is 2.56. The molecule has 2 N–H and O–H groups in total. The second-order valence-corrected chi connectivity index (χ2v) is 5.48. The summed E-state index contributed by atoms with van der Waals surface area (Å²) in [5, 5.41) is 3.08. The average Bonchev–Trinajstić information content (AvgIpc) is 2.08.